The Labute approximate surface area is 116 Å². The molecule has 1 heterocycles. The Morgan fingerprint density at radius 2 is 2.29 bits per heavy atom. The molecular formula is C12H16BrClN2O. The molecule has 1 unspecified atom stereocenters. The maximum Gasteiger partial charge on any atom is 0.251 e. The molecule has 1 amide bonds. The van der Waals surface area contributed by atoms with Gasteiger partial charge < -0.3 is 10.6 Å². The number of hydrogen-bond donors (Lipinski definition) is 2. The molecule has 94 valence electrons. The largest absolute Gasteiger partial charge is 0.348 e. The van der Waals surface area contributed by atoms with E-state index in [4.69, 9.17) is 0 Å². The van der Waals surface area contributed by atoms with Crippen LogP contribution in [-0.2, 0) is 0 Å². The van der Waals surface area contributed by atoms with E-state index in [9.17, 15) is 4.79 Å². The van der Waals surface area contributed by atoms with Gasteiger partial charge in [-0.3, -0.25) is 4.79 Å². The molecule has 3 nitrogen and oxygen atoms in total. The fourth-order valence-electron chi connectivity index (χ4n) is 1.89. The predicted octanol–water partition coefficient (Wildman–Crippen LogP) is 2.27. The van der Waals surface area contributed by atoms with Gasteiger partial charge in [-0.2, -0.15) is 0 Å². The van der Waals surface area contributed by atoms with E-state index >= 15 is 0 Å². The molecule has 1 saturated heterocycles. The molecule has 1 aromatic rings. The summed E-state index contributed by atoms with van der Waals surface area (Å²) in [6, 6.07) is 5.96. The fraction of sp³-hybridized carbons (Fsp3) is 0.417. The molecule has 1 aromatic carbocycles. The zero-order chi connectivity index (χ0) is 11.5. The molecule has 1 atom stereocenters. The van der Waals surface area contributed by atoms with Gasteiger partial charge in [-0.25, -0.2) is 0 Å². The van der Waals surface area contributed by atoms with Gasteiger partial charge in [0.25, 0.3) is 5.91 Å². The molecular weight excluding hydrogens is 304 g/mol. The van der Waals surface area contributed by atoms with Crippen LogP contribution in [0, 0.1) is 6.92 Å². The highest BCUT2D eigenvalue weighted by Gasteiger charge is 2.18. The first-order chi connectivity index (χ1) is 7.68. The van der Waals surface area contributed by atoms with E-state index in [1.54, 1.807) is 0 Å². The van der Waals surface area contributed by atoms with Crippen LogP contribution in [0.1, 0.15) is 22.3 Å². The van der Waals surface area contributed by atoms with Crippen molar-refractivity contribution in [1.29, 1.82) is 0 Å². The Hall–Kier alpha value is -0.580. The molecule has 5 heteroatoms. The third kappa shape index (κ3) is 3.44. The Bertz CT molecular complexity index is 405. The lowest BCUT2D eigenvalue weighted by molar-refractivity contribution is 0.0939. The van der Waals surface area contributed by atoms with Crippen molar-refractivity contribution >= 4 is 34.2 Å². The molecule has 0 spiro atoms. The Balaban J connectivity index is 0.00000144. The maximum absolute atomic E-state index is 12.0. The van der Waals surface area contributed by atoms with Gasteiger partial charge in [-0.15, -0.1) is 12.4 Å². The van der Waals surface area contributed by atoms with Crippen molar-refractivity contribution < 1.29 is 4.79 Å². The first-order valence-corrected chi connectivity index (χ1v) is 6.24. The van der Waals surface area contributed by atoms with Crippen LogP contribution in [0.15, 0.2) is 22.7 Å². The summed E-state index contributed by atoms with van der Waals surface area (Å²) in [6.45, 7) is 3.81. The van der Waals surface area contributed by atoms with Crippen molar-refractivity contribution in [3.63, 3.8) is 0 Å². The summed E-state index contributed by atoms with van der Waals surface area (Å²) in [5.74, 6) is 0.0208. The first kappa shape index (κ1) is 14.5. The molecule has 0 aliphatic carbocycles. The number of carbonyl (C=O) groups is 1. The summed E-state index contributed by atoms with van der Waals surface area (Å²) in [5, 5.41) is 6.27. The summed E-state index contributed by atoms with van der Waals surface area (Å²) in [4.78, 5) is 12.0. The van der Waals surface area contributed by atoms with Crippen LogP contribution in [0.3, 0.4) is 0 Å². The number of halogens is 2. The van der Waals surface area contributed by atoms with Crippen molar-refractivity contribution in [2.24, 2.45) is 0 Å². The molecule has 1 aliphatic rings. The van der Waals surface area contributed by atoms with E-state index in [2.05, 4.69) is 26.6 Å². The molecule has 0 saturated carbocycles. The number of amides is 1. The topological polar surface area (TPSA) is 41.1 Å². The Morgan fingerprint density at radius 1 is 1.53 bits per heavy atom. The highest BCUT2D eigenvalue weighted by atomic mass is 79.9. The van der Waals surface area contributed by atoms with Crippen LogP contribution in [0.4, 0.5) is 0 Å². The van der Waals surface area contributed by atoms with E-state index in [1.165, 1.54) is 0 Å². The summed E-state index contributed by atoms with van der Waals surface area (Å²) in [5.41, 5.74) is 1.74. The Kier molecular flexibility index (Phi) is 5.43. The Morgan fingerprint density at radius 3 is 2.94 bits per heavy atom. The molecule has 0 radical (unpaired) electrons. The van der Waals surface area contributed by atoms with Gasteiger partial charge in [0.15, 0.2) is 0 Å². The predicted molar refractivity (Wildman–Crippen MR) is 74.9 cm³/mol. The maximum atomic E-state index is 12.0. The second-order valence-corrected chi connectivity index (χ2v) is 4.93. The monoisotopic (exact) mass is 318 g/mol. The van der Waals surface area contributed by atoms with Crippen molar-refractivity contribution in [2.75, 3.05) is 13.1 Å². The second-order valence-electron chi connectivity index (χ2n) is 4.08. The lowest BCUT2D eigenvalue weighted by Crippen LogP contribution is -2.36. The van der Waals surface area contributed by atoms with Crippen molar-refractivity contribution in [3.8, 4) is 0 Å². The van der Waals surface area contributed by atoms with E-state index < -0.39 is 0 Å². The SMILES string of the molecule is Cc1c(Br)cccc1C(=O)NC1CCNC1.Cl. The summed E-state index contributed by atoms with van der Waals surface area (Å²) in [7, 11) is 0. The molecule has 17 heavy (non-hydrogen) atoms. The van der Waals surface area contributed by atoms with Crippen LogP contribution >= 0.6 is 28.3 Å². The zero-order valence-corrected chi connectivity index (χ0v) is 12.0. The molecule has 2 rings (SSSR count). The second kappa shape index (κ2) is 6.38. The third-order valence-electron chi connectivity index (χ3n) is 2.91. The summed E-state index contributed by atoms with van der Waals surface area (Å²) in [6.07, 6.45) is 1.01. The standard InChI is InChI=1S/C12H15BrN2O.ClH/c1-8-10(3-2-4-11(8)13)12(16)15-9-5-6-14-7-9;/h2-4,9,14H,5-7H2,1H3,(H,15,16);1H. The third-order valence-corrected chi connectivity index (χ3v) is 3.77. The van der Waals surface area contributed by atoms with Gasteiger partial charge in [0, 0.05) is 22.6 Å². The van der Waals surface area contributed by atoms with Gasteiger partial charge in [0.2, 0.25) is 0 Å². The van der Waals surface area contributed by atoms with E-state index in [1.807, 2.05) is 25.1 Å². The van der Waals surface area contributed by atoms with Crippen LogP contribution in [0.5, 0.6) is 0 Å². The van der Waals surface area contributed by atoms with Crippen LogP contribution in [0.2, 0.25) is 0 Å². The summed E-state index contributed by atoms with van der Waals surface area (Å²) >= 11 is 3.43. The van der Waals surface area contributed by atoms with Gasteiger partial charge in [-0.1, -0.05) is 22.0 Å². The minimum absolute atomic E-state index is 0. The molecule has 1 fully saturated rings. The van der Waals surface area contributed by atoms with Crippen molar-refractivity contribution in [3.05, 3.63) is 33.8 Å². The lowest BCUT2D eigenvalue weighted by atomic mass is 10.1. The van der Waals surface area contributed by atoms with Gasteiger partial charge in [0.05, 0.1) is 0 Å². The lowest BCUT2D eigenvalue weighted by Gasteiger charge is -2.13. The fourth-order valence-corrected chi connectivity index (χ4v) is 2.26. The average molecular weight is 320 g/mol. The highest BCUT2D eigenvalue weighted by Crippen LogP contribution is 2.19. The minimum Gasteiger partial charge on any atom is -0.348 e. The molecule has 0 aromatic heterocycles. The molecule has 1 aliphatic heterocycles. The quantitative estimate of drug-likeness (QED) is 0.878. The number of nitrogens with one attached hydrogen (secondary N) is 2. The number of carbonyl (C=O) groups excluding carboxylic acids is 1. The summed E-state index contributed by atoms with van der Waals surface area (Å²) < 4.78 is 0.977. The molecule has 2 N–H and O–H groups in total. The smallest absolute Gasteiger partial charge is 0.251 e. The van der Waals surface area contributed by atoms with Crippen molar-refractivity contribution in [1.82, 2.24) is 10.6 Å². The number of hydrogen-bond acceptors (Lipinski definition) is 2. The zero-order valence-electron chi connectivity index (χ0n) is 9.63. The van der Waals surface area contributed by atoms with Crippen LogP contribution in [-0.4, -0.2) is 25.0 Å². The first-order valence-electron chi connectivity index (χ1n) is 5.45. The normalized spacial score (nSPS) is 18.6. The van der Waals surface area contributed by atoms with Gasteiger partial charge in [-0.05, 0) is 37.6 Å². The number of benzene rings is 1. The molecule has 0 bridgehead atoms. The minimum atomic E-state index is 0. The van der Waals surface area contributed by atoms with Crippen molar-refractivity contribution in [2.45, 2.75) is 19.4 Å². The van der Waals surface area contributed by atoms with Crippen LogP contribution < -0.4 is 10.6 Å². The van der Waals surface area contributed by atoms with Gasteiger partial charge >= 0.3 is 0 Å². The van der Waals surface area contributed by atoms with E-state index in [-0.39, 0.29) is 24.4 Å². The van der Waals surface area contributed by atoms with E-state index in [0.29, 0.717) is 0 Å². The highest BCUT2D eigenvalue weighted by molar-refractivity contribution is 9.10. The number of rotatable bonds is 2. The van der Waals surface area contributed by atoms with Gasteiger partial charge in [0.1, 0.15) is 0 Å². The van der Waals surface area contributed by atoms with E-state index in [0.717, 1.165) is 35.1 Å². The van der Waals surface area contributed by atoms with Crippen LogP contribution in [0.25, 0.3) is 0 Å². The average Bonchev–Trinajstić information content (AvgIpc) is 2.74.